The Balaban J connectivity index is 2.12. The Hall–Kier alpha value is -1.46. The molecular weight excluding hydrogens is 210 g/mol. The molecule has 86 valence electrons. The predicted molar refractivity (Wildman–Crippen MR) is 56.5 cm³/mol. The lowest BCUT2D eigenvalue weighted by Gasteiger charge is -2.10. The molecule has 1 heterocycles. The summed E-state index contributed by atoms with van der Waals surface area (Å²) in [6.07, 6.45) is -0.319. The van der Waals surface area contributed by atoms with Crippen molar-refractivity contribution >= 4 is 0 Å². The second-order valence-electron chi connectivity index (χ2n) is 3.70. The molecule has 1 aromatic carbocycles. The van der Waals surface area contributed by atoms with E-state index in [9.17, 15) is 10.1 Å². The Morgan fingerprint density at radius 1 is 1.31 bits per heavy atom. The number of nitro groups is 1. The van der Waals surface area contributed by atoms with Crippen LogP contribution < -0.4 is 0 Å². The maximum Gasteiger partial charge on any atom is 0.235 e. The van der Waals surface area contributed by atoms with Crippen molar-refractivity contribution in [3.05, 3.63) is 45.5 Å². The smallest absolute Gasteiger partial charge is 0.235 e. The lowest BCUT2D eigenvalue weighted by molar-refractivity contribution is -0.524. The van der Waals surface area contributed by atoms with Crippen molar-refractivity contribution < 1.29 is 14.4 Å². The molecule has 5 heteroatoms. The van der Waals surface area contributed by atoms with E-state index in [1.807, 2.05) is 12.1 Å². The monoisotopic (exact) mass is 223 g/mol. The molecule has 1 aromatic rings. The van der Waals surface area contributed by atoms with Gasteiger partial charge in [-0.05, 0) is 0 Å². The van der Waals surface area contributed by atoms with E-state index in [0.29, 0.717) is 18.8 Å². The minimum Gasteiger partial charge on any atom is -0.346 e. The number of benzene rings is 1. The average molecular weight is 223 g/mol. The van der Waals surface area contributed by atoms with Gasteiger partial charge in [0.15, 0.2) is 6.29 Å². The van der Waals surface area contributed by atoms with E-state index < -0.39 is 6.04 Å². The molecule has 0 aliphatic carbocycles. The van der Waals surface area contributed by atoms with Gasteiger partial charge in [0, 0.05) is 23.0 Å². The summed E-state index contributed by atoms with van der Waals surface area (Å²) >= 11 is 0. The van der Waals surface area contributed by atoms with E-state index in [1.165, 1.54) is 0 Å². The maximum absolute atomic E-state index is 10.6. The number of nitrogens with zero attached hydrogens (tertiary/aromatic N) is 1. The van der Waals surface area contributed by atoms with Crippen LogP contribution in [0.3, 0.4) is 0 Å². The highest BCUT2D eigenvalue weighted by Gasteiger charge is 2.20. The summed E-state index contributed by atoms with van der Waals surface area (Å²) in [5.74, 6) is 0. The van der Waals surface area contributed by atoms with Crippen molar-refractivity contribution in [1.29, 1.82) is 0 Å². The Bertz CT molecular complexity index is 370. The van der Waals surface area contributed by atoms with Crippen molar-refractivity contribution in [2.75, 3.05) is 13.2 Å². The molecule has 1 fully saturated rings. The van der Waals surface area contributed by atoms with Crippen LogP contribution in [0.25, 0.3) is 0 Å². The highest BCUT2D eigenvalue weighted by Crippen LogP contribution is 2.25. The molecule has 2 rings (SSSR count). The SMILES string of the molecule is CC(c1ccc(C2OCCO2)cc1)[N+](=O)[O-]. The summed E-state index contributed by atoms with van der Waals surface area (Å²) in [6, 6.07) is 6.43. The predicted octanol–water partition coefficient (Wildman–Crippen LogP) is 2.07. The minimum absolute atomic E-state index is 0.308. The highest BCUT2D eigenvalue weighted by atomic mass is 16.7. The molecule has 0 amide bonds. The van der Waals surface area contributed by atoms with Crippen LogP contribution in [0.4, 0.5) is 0 Å². The van der Waals surface area contributed by atoms with Crippen LogP contribution in [0.5, 0.6) is 0 Å². The van der Waals surface area contributed by atoms with Gasteiger partial charge in [-0.15, -0.1) is 0 Å². The van der Waals surface area contributed by atoms with Crippen LogP contribution >= 0.6 is 0 Å². The molecule has 0 radical (unpaired) electrons. The van der Waals surface area contributed by atoms with E-state index in [-0.39, 0.29) is 11.2 Å². The Kier molecular flexibility index (Phi) is 3.17. The maximum atomic E-state index is 10.6. The van der Waals surface area contributed by atoms with Gasteiger partial charge in [-0.1, -0.05) is 24.3 Å². The lowest BCUT2D eigenvalue weighted by Crippen LogP contribution is -2.06. The molecule has 1 unspecified atom stereocenters. The third-order valence-corrected chi connectivity index (χ3v) is 2.63. The summed E-state index contributed by atoms with van der Waals surface area (Å²) in [5.41, 5.74) is 1.59. The van der Waals surface area contributed by atoms with Crippen molar-refractivity contribution in [1.82, 2.24) is 0 Å². The molecule has 5 nitrogen and oxygen atoms in total. The largest absolute Gasteiger partial charge is 0.346 e. The molecule has 0 spiro atoms. The quantitative estimate of drug-likeness (QED) is 0.581. The first-order chi connectivity index (χ1) is 7.68. The fraction of sp³-hybridized carbons (Fsp3) is 0.455. The van der Waals surface area contributed by atoms with Gasteiger partial charge in [-0.2, -0.15) is 0 Å². The second kappa shape index (κ2) is 4.59. The summed E-state index contributed by atoms with van der Waals surface area (Å²) in [5, 5.41) is 10.6. The number of hydrogen-bond donors (Lipinski definition) is 0. The van der Waals surface area contributed by atoms with E-state index in [4.69, 9.17) is 9.47 Å². The van der Waals surface area contributed by atoms with Gasteiger partial charge in [-0.25, -0.2) is 0 Å². The van der Waals surface area contributed by atoms with Crippen LogP contribution in [0.2, 0.25) is 0 Å². The molecule has 0 N–H and O–H groups in total. The van der Waals surface area contributed by atoms with Gasteiger partial charge in [0.1, 0.15) is 0 Å². The zero-order chi connectivity index (χ0) is 11.5. The van der Waals surface area contributed by atoms with Crippen LogP contribution in [0.1, 0.15) is 30.4 Å². The van der Waals surface area contributed by atoms with Gasteiger partial charge in [0.05, 0.1) is 13.2 Å². The van der Waals surface area contributed by atoms with Gasteiger partial charge < -0.3 is 9.47 Å². The molecule has 0 bridgehead atoms. The lowest BCUT2D eigenvalue weighted by atomic mass is 10.1. The van der Waals surface area contributed by atoms with E-state index in [2.05, 4.69) is 0 Å². The highest BCUT2D eigenvalue weighted by molar-refractivity contribution is 5.24. The summed E-state index contributed by atoms with van der Waals surface area (Å²) in [4.78, 5) is 10.3. The third-order valence-electron chi connectivity index (χ3n) is 2.63. The molecule has 1 aliphatic rings. The standard InChI is InChI=1S/C11H13NO4/c1-8(12(13)14)9-2-4-10(5-3-9)11-15-6-7-16-11/h2-5,8,11H,6-7H2,1H3. The summed E-state index contributed by atoms with van der Waals surface area (Å²) in [7, 11) is 0. The Morgan fingerprint density at radius 2 is 1.88 bits per heavy atom. The first-order valence-electron chi connectivity index (χ1n) is 5.15. The van der Waals surface area contributed by atoms with E-state index >= 15 is 0 Å². The van der Waals surface area contributed by atoms with Crippen LogP contribution in [-0.2, 0) is 9.47 Å². The molecular formula is C11H13NO4. The zero-order valence-electron chi connectivity index (χ0n) is 8.96. The van der Waals surface area contributed by atoms with Gasteiger partial charge in [0.25, 0.3) is 0 Å². The van der Waals surface area contributed by atoms with Crippen molar-refractivity contribution in [2.24, 2.45) is 0 Å². The van der Waals surface area contributed by atoms with Crippen molar-refractivity contribution in [3.63, 3.8) is 0 Å². The first-order valence-corrected chi connectivity index (χ1v) is 5.15. The average Bonchev–Trinajstić information content (AvgIpc) is 2.81. The van der Waals surface area contributed by atoms with Crippen LogP contribution in [-0.4, -0.2) is 18.1 Å². The third kappa shape index (κ3) is 2.20. The Morgan fingerprint density at radius 3 is 2.38 bits per heavy atom. The Labute approximate surface area is 93.1 Å². The summed E-state index contributed by atoms with van der Waals surface area (Å²) < 4.78 is 10.7. The van der Waals surface area contributed by atoms with Crippen LogP contribution in [0.15, 0.2) is 24.3 Å². The van der Waals surface area contributed by atoms with Gasteiger partial charge in [0.2, 0.25) is 6.04 Å². The zero-order valence-corrected chi connectivity index (χ0v) is 8.96. The molecule has 1 saturated heterocycles. The second-order valence-corrected chi connectivity index (χ2v) is 3.70. The minimum atomic E-state index is -0.681. The van der Waals surface area contributed by atoms with Crippen molar-refractivity contribution in [2.45, 2.75) is 19.3 Å². The topological polar surface area (TPSA) is 61.6 Å². The molecule has 0 saturated carbocycles. The first kappa shape index (κ1) is 11.0. The number of ether oxygens (including phenoxy) is 2. The number of rotatable bonds is 3. The fourth-order valence-corrected chi connectivity index (χ4v) is 1.60. The fourth-order valence-electron chi connectivity index (χ4n) is 1.60. The van der Waals surface area contributed by atoms with Gasteiger partial charge in [-0.3, -0.25) is 10.1 Å². The van der Waals surface area contributed by atoms with Crippen molar-refractivity contribution in [3.8, 4) is 0 Å². The normalized spacial score (nSPS) is 18.6. The summed E-state index contributed by atoms with van der Waals surface area (Å²) in [6.45, 7) is 2.76. The molecule has 1 aliphatic heterocycles. The van der Waals surface area contributed by atoms with Gasteiger partial charge >= 0.3 is 0 Å². The molecule has 0 aromatic heterocycles. The molecule has 1 atom stereocenters. The molecule has 16 heavy (non-hydrogen) atoms. The van der Waals surface area contributed by atoms with E-state index in [0.717, 1.165) is 5.56 Å². The van der Waals surface area contributed by atoms with Crippen LogP contribution in [0, 0.1) is 10.1 Å². The van der Waals surface area contributed by atoms with E-state index in [1.54, 1.807) is 19.1 Å². The number of hydrogen-bond acceptors (Lipinski definition) is 4.